The maximum Gasteiger partial charge on any atom is 0.254 e. The predicted octanol–water partition coefficient (Wildman–Crippen LogP) is 1.81. The van der Waals surface area contributed by atoms with E-state index in [0.717, 1.165) is 10.9 Å². The van der Waals surface area contributed by atoms with Crippen LogP contribution in [-0.4, -0.2) is 46.3 Å². The lowest BCUT2D eigenvalue weighted by molar-refractivity contribution is -0.0586. The standard InChI is InChI=1S/C14H17N3O2/c1-9-7-17(8-10(2)19-9)14(18)11-3-4-12-6-15-16-13(12)5-11/h3-6,9-10H,7-8H2,1-2H3,(H,15,16)/t9-,10+. The van der Waals surface area contributed by atoms with Gasteiger partial charge in [0.05, 0.1) is 23.9 Å². The van der Waals surface area contributed by atoms with Crippen molar-refractivity contribution in [2.24, 2.45) is 0 Å². The molecule has 2 atom stereocenters. The molecule has 0 saturated carbocycles. The summed E-state index contributed by atoms with van der Waals surface area (Å²) in [6, 6.07) is 5.62. The maximum atomic E-state index is 12.5. The summed E-state index contributed by atoms with van der Waals surface area (Å²) < 4.78 is 5.65. The van der Waals surface area contributed by atoms with Crippen LogP contribution in [0.15, 0.2) is 24.4 Å². The molecule has 1 aromatic carbocycles. The highest BCUT2D eigenvalue weighted by Gasteiger charge is 2.26. The number of morpholine rings is 1. The monoisotopic (exact) mass is 259 g/mol. The Hall–Kier alpha value is -1.88. The molecule has 2 aromatic rings. The highest BCUT2D eigenvalue weighted by Crippen LogP contribution is 2.17. The van der Waals surface area contributed by atoms with Crippen molar-refractivity contribution in [3.63, 3.8) is 0 Å². The number of hydrogen-bond donors (Lipinski definition) is 1. The topological polar surface area (TPSA) is 58.2 Å². The van der Waals surface area contributed by atoms with Crippen molar-refractivity contribution in [3.05, 3.63) is 30.0 Å². The normalized spacial score (nSPS) is 23.8. The lowest BCUT2D eigenvalue weighted by Gasteiger charge is -2.35. The number of nitrogens with one attached hydrogen (secondary N) is 1. The van der Waals surface area contributed by atoms with Crippen LogP contribution < -0.4 is 0 Å². The number of nitrogens with zero attached hydrogens (tertiary/aromatic N) is 2. The predicted molar refractivity (Wildman–Crippen MR) is 72.0 cm³/mol. The number of benzene rings is 1. The average Bonchev–Trinajstić information content (AvgIpc) is 2.83. The van der Waals surface area contributed by atoms with Gasteiger partial charge in [-0.25, -0.2) is 0 Å². The number of H-pyrrole nitrogens is 1. The molecule has 1 aromatic heterocycles. The van der Waals surface area contributed by atoms with Crippen LogP contribution in [0.4, 0.5) is 0 Å². The summed E-state index contributed by atoms with van der Waals surface area (Å²) in [5.74, 6) is 0.0542. The zero-order valence-corrected chi connectivity index (χ0v) is 11.1. The number of carbonyl (C=O) groups excluding carboxylic acids is 1. The van der Waals surface area contributed by atoms with Gasteiger partial charge in [-0.05, 0) is 26.0 Å². The van der Waals surface area contributed by atoms with Gasteiger partial charge in [-0.3, -0.25) is 9.89 Å². The number of amides is 1. The number of carbonyl (C=O) groups is 1. The Kier molecular flexibility index (Phi) is 2.98. The molecular weight excluding hydrogens is 242 g/mol. The Morgan fingerprint density at radius 1 is 1.37 bits per heavy atom. The van der Waals surface area contributed by atoms with E-state index in [2.05, 4.69) is 10.2 Å². The minimum absolute atomic E-state index is 0.0542. The van der Waals surface area contributed by atoms with Crippen LogP contribution in [0.5, 0.6) is 0 Å². The molecule has 1 N–H and O–H groups in total. The quantitative estimate of drug-likeness (QED) is 0.849. The Balaban J connectivity index is 1.86. The summed E-state index contributed by atoms with van der Waals surface area (Å²) in [7, 11) is 0. The van der Waals surface area contributed by atoms with E-state index in [0.29, 0.717) is 18.7 Å². The van der Waals surface area contributed by atoms with E-state index in [9.17, 15) is 4.79 Å². The molecule has 5 nitrogen and oxygen atoms in total. The zero-order chi connectivity index (χ0) is 13.4. The molecule has 1 fully saturated rings. The summed E-state index contributed by atoms with van der Waals surface area (Å²) >= 11 is 0. The van der Waals surface area contributed by atoms with Gasteiger partial charge >= 0.3 is 0 Å². The SMILES string of the molecule is C[C@@H]1CN(C(=O)c2ccc3cn[nH]c3c2)C[C@H](C)O1. The first-order chi connectivity index (χ1) is 9.13. The summed E-state index contributed by atoms with van der Waals surface area (Å²) in [6.07, 6.45) is 1.93. The average molecular weight is 259 g/mol. The minimum atomic E-state index is 0.0542. The van der Waals surface area contributed by atoms with E-state index in [4.69, 9.17) is 4.74 Å². The molecule has 0 aliphatic carbocycles. The summed E-state index contributed by atoms with van der Waals surface area (Å²) in [5, 5.41) is 7.87. The first-order valence-electron chi connectivity index (χ1n) is 6.51. The molecule has 1 aliphatic rings. The molecule has 1 saturated heterocycles. The molecule has 1 amide bonds. The van der Waals surface area contributed by atoms with Gasteiger partial charge in [0.15, 0.2) is 0 Å². The van der Waals surface area contributed by atoms with Crippen LogP contribution in [0.2, 0.25) is 0 Å². The highest BCUT2D eigenvalue weighted by molar-refractivity contribution is 5.97. The van der Waals surface area contributed by atoms with Gasteiger partial charge in [0.25, 0.3) is 5.91 Å². The largest absolute Gasteiger partial charge is 0.372 e. The van der Waals surface area contributed by atoms with Gasteiger partial charge in [0.1, 0.15) is 0 Å². The minimum Gasteiger partial charge on any atom is -0.372 e. The van der Waals surface area contributed by atoms with Crippen LogP contribution in [0.1, 0.15) is 24.2 Å². The smallest absolute Gasteiger partial charge is 0.254 e. The number of hydrogen-bond acceptors (Lipinski definition) is 3. The van der Waals surface area contributed by atoms with Crippen molar-refractivity contribution in [2.75, 3.05) is 13.1 Å². The van der Waals surface area contributed by atoms with Crippen LogP contribution in [0.25, 0.3) is 10.9 Å². The summed E-state index contributed by atoms with van der Waals surface area (Å²) in [5.41, 5.74) is 1.58. The Morgan fingerprint density at radius 2 is 2.11 bits per heavy atom. The maximum absolute atomic E-state index is 12.5. The van der Waals surface area contributed by atoms with Crippen LogP contribution in [0.3, 0.4) is 0 Å². The van der Waals surface area contributed by atoms with Crippen molar-refractivity contribution in [2.45, 2.75) is 26.1 Å². The van der Waals surface area contributed by atoms with E-state index in [-0.39, 0.29) is 18.1 Å². The number of rotatable bonds is 1. The first kappa shape index (κ1) is 12.2. The second kappa shape index (κ2) is 4.66. The fourth-order valence-corrected chi connectivity index (χ4v) is 2.60. The molecule has 2 heterocycles. The van der Waals surface area contributed by atoms with Crippen molar-refractivity contribution in [1.29, 1.82) is 0 Å². The van der Waals surface area contributed by atoms with Gasteiger partial charge < -0.3 is 9.64 Å². The molecule has 0 unspecified atom stereocenters. The summed E-state index contributed by atoms with van der Waals surface area (Å²) in [6.45, 7) is 5.27. The van der Waals surface area contributed by atoms with Crippen molar-refractivity contribution < 1.29 is 9.53 Å². The van der Waals surface area contributed by atoms with E-state index in [1.807, 2.05) is 36.9 Å². The Bertz CT molecular complexity index is 598. The second-order valence-corrected chi connectivity index (χ2v) is 5.14. The van der Waals surface area contributed by atoms with Crippen LogP contribution in [0, 0.1) is 0 Å². The fourth-order valence-electron chi connectivity index (χ4n) is 2.60. The molecular formula is C14H17N3O2. The first-order valence-corrected chi connectivity index (χ1v) is 6.51. The fraction of sp³-hybridized carbons (Fsp3) is 0.429. The van der Waals surface area contributed by atoms with E-state index in [1.54, 1.807) is 6.20 Å². The highest BCUT2D eigenvalue weighted by atomic mass is 16.5. The number of ether oxygens (including phenoxy) is 1. The van der Waals surface area contributed by atoms with Crippen molar-refractivity contribution in [3.8, 4) is 0 Å². The van der Waals surface area contributed by atoms with Gasteiger partial charge in [-0.2, -0.15) is 5.10 Å². The molecule has 0 bridgehead atoms. The number of fused-ring (bicyclic) bond motifs is 1. The Morgan fingerprint density at radius 3 is 2.84 bits per heavy atom. The van der Waals surface area contributed by atoms with Gasteiger partial charge in [0, 0.05) is 24.0 Å². The van der Waals surface area contributed by atoms with Gasteiger partial charge in [-0.1, -0.05) is 6.07 Å². The molecule has 100 valence electrons. The number of aromatic amines is 1. The van der Waals surface area contributed by atoms with Gasteiger partial charge in [0.2, 0.25) is 0 Å². The van der Waals surface area contributed by atoms with Crippen LogP contribution in [-0.2, 0) is 4.74 Å². The molecule has 3 rings (SSSR count). The van der Waals surface area contributed by atoms with E-state index < -0.39 is 0 Å². The van der Waals surface area contributed by atoms with E-state index in [1.165, 1.54) is 0 Å². The van der Waals surface area contributed by atoms with Crippen LogP contribution >= 0.6 is 0 Å². The number of aromatic nitrogens is 2. The lowest BCUT2D eigenvalue weighted by Crippen LogP contribution is -2.48. The Labute approximate surface area is 111 Å². The van der Waals surface area contributed by atoms with Crippen molar-refractivity contribution in [1.82, 2.24) is 15.1 Å². The van der Waals surface area contributed by atoms with Gasteiger partial charge in [-0.15, -0.1) is 0 Å². The third kappa shape index (κ3) is 2.33. The lowest BCUT2D eigenvalue weighted by atomic mass is 10.1. The summed E-state index contributed by atoms with van der Waals surface area (Å²) in [4.78, 5) is 14.3. The molecule has 19 heavy (non-hydrogen) atoms. The van der Waals surface area contributed by atoms with E-state index >= 15 is 0 Å². The zero-order valence-electron chi connectivity index (χ0n) is 11.1. The third-order valence-electron chi connectivity index (χ3n) is 3.40. The molecule has 1 aliphatic heterocycles. The molecule has 0 spiro atoms. The second-order valence-electron chi connectivity index (χ2n) is 5.14. The third-order valence-corrected chi connectivity index (χ3v) is 3.40. The molecule has 0 radical (unpaired) electrons. The van der Waals surface area contributed by atoms with Crippen molar-refractivity contribution >= 4 is 16.8 Å². The molecule has 5 heteroatoms.